The molecule has 3 rings (SSSR count). The number of benzene rings is 3. The van der Waals surface area contributed by atoms with Gasteiger partial charge in [-0.1, -0.05) is 36.4 Å². The van der Waals surface area contributed by atoms with Crippen molar-refractivity contribution in [1.82, 2.24) is 4.72 Å². The summed E-state index contributed by atoms with van der Waals surface area (Å²) in [5, 5.41) is 1.70. The van der Waals surface area contributed by atoms with E-state index >= 15 is 0 Å². The molecule has 3 aromatic carbocycles. The summed E-state index contributed by atoms with van der Waals surface area (Å²) in [6, 6.07) is 17.8. The van der Waals surface area contributed by atoms with E-state index in [9.17, 15) is 16.8 Å². The lowest BCUT2D eigenvalue weighted by atomic mass is 10.1. The first-order chi connectivity index (χ1) is 11.8. The average molecular weight is 376 g/mol. The van der Waals surface area contributed by atoms with Crippen LogP contribution >= 0.6 is 0 Å². The van der Waals surface area contributed by atoms with E-state index in [0.717, 1.165) is 10.8 Å². The summed E-state index contributed by atoms with van der Waals surface area (Å²) in [6.07, 6.45) is 0. The third-order valence-electron chi connectivity index (χ3n) is 3.75. The fourth-order valence-electron chi connectivity index (χ4n) is 2.43. The Balaban J connectivity index is 1.97. The fourth-order valence-corrected chi connectivity index (χ4v) is 4.24. The molecule has 0 aromatic heterocycles. The summed E-state index contributed by atoms with van der Waals surface area (Å²) < 4.78 is 53.4. The van der Waals surface area contributed by atoms with Crippen LogP contribution in [0.25, 0.3) is 10.8 Å². The Hall–Kier alpha value is -2.42. The molecule has 0 saturated carbocycles. The molecule has 25 heavy (non-hydrogen) atoms. The summed E-state index contributed by atoms with van der Waals surface area (Å²) in [7, 11) is -6.16. The minimum atomic E-state index is -3.84. The van der Waals surface area contributed by atoms with E-state index in [1.54, 1.807) is 12.1 Å². The van der Waals surface area contributed by atoms with Gasteiger partial charge in [-0.05, 0) is 42.8 Å². The zero-order valence-electron chi connectivity index (χ0n) is 13.3. The second-order valence-corrected chi connectivity index (χ2v) is 8.88. The molecule has 2 N–H and O–H groups in total. The van der Waals surface area contributed by atoms with E-state index in [0.29, 0.717) is 5.69 Å². The molecule has 8 heteroatoms. The van der Waals surface area contributed by atoms with Gasteiger partial charge in [0.05, 0.1) is 15.5 Å². The lowest BCUT2D eigenvalue weighted by Crippen LogP contribution is -2.19. The van der Waals surface area contributed by atoms with Gasteiger partial charge in [0.1, 0.15) is 0 Å². The normalized spacial score (nSPS) is 12.2. The summed E-state index contributed by atoms with van der Waals surface area (Å²) in [6.45, 7) is 0. The summed E-state index contributed by atoms with van der Waals surface area (Å²) >= 11 is 0. The van der Waals surface area contributed by atoms with Gasteiger partial charge < -0.3 is 0 Å². The van der Waals surface area contributed by atoms with Crippen LogP contribution in [0.2, 0.25) is 0 Å². The zero-order chi connectivity index (χ0) is 18.1. The highest BCUT2D eigenvalue weighted by atomic mass is 32.2. The highest BCUT2D eigenvalue weighted by Gasteiger charge is 2.17. The molecule has 0 unspecified atom stereocenters. The second kappa shape index (κ2) is 6.47. The predicted molar refractivity (Wildman–Crippen MR) is 97.4 cm³/mol. The van der Waals surface area contributed by atoms with Gasteiger partial charge in [0.2, 0.25) is 10.0 Å². The maximum atomic E-state index is 12.6. The molecule has 0 heterocycles. The van der Waals surface area contributed by atoms with Gasteiger partial charge in [0, 0.05) is 5.39 Å². The second-order valence-electron chi connectivity index (χ2n) is 5.31. The first-order valence-corrected chi connectivity index (χ1v) is 10.3. The van der Waals surface area contributed by atoms with Crippen LogP contribution in [0.3, 0.4) is 0 Å². The van der Waals surface area contributed by atoms with Crippen molar-refractivity contribution in [3.63, 3.8) is 0 Å². The van der Waals surface area contributed by atoms with Crippen molar-refractivity contribution < 1.29 is 16.8 Å². The van der Waals surface area contributed by atoms with E-state index in [4.69, 9.17) is 0 Å². The molecule has 0 saturated heterocycles. The Morgan fingerprint density at radius 2 is 1.24 bits per heavy atom. The Kier molecular flexibility index (Phi) is 4.51. The molecule has 0 aliphatic heterocycles. The van der Waals surface area contributed by atoms with Crippen LogP contribution in [0, 0.1) is 0 Å². The predicted octanol–water partition coefficient (Wildman–Crippen LogP) is 2.55. The fraction of sp³-hybridized carbons (Fsp3) is 0.0588. The van der Waals surface area contributed by atoms with Gasteiger partial charge in [-0.25, -0.2) is 21.6 Å². The number of nitrogens with one attached hydrogen (secondary N) is 2. The van der Waals surface area contributed by atoms with Crippen molar-refractivity contribution in [2.24, 2.45) is 0 Å². The lowest BCUT2D eigenvalue weighted by molar-refractivity contribution is 0.587. The van der Waals surface area contributed by atoms with Gasteiger partial charge in [-0.2, -0.15) is 0 Å². The van der Waals surface area contributed by atoms with E-state index < -0.39 is 20.0 Å². The van der Waals surface area contributed by atoms with Crippen molar-refractivity contribution in [1.29, 1.82) is 0 Å². The van der Waals surface area contributed by atoms with Crippen molar-refractivity contribution in [2.45, 2.75) is 9.79 Å². The summed E-state index contributed by atoms with van der Waals surface area (Å²) in [5.74, 6) is 0. The molecule has 0 fully saturated rings. The number of sulfonamides is 2. The molecular weight excluding hydrogens is 360 g/mol. The lowest BCUT2D eigenvalue weighted by Gasteiger charge is -2.11. The van der Waals surface area contributed by atoms with Crippen LogP contribution in [0.4, 0.5) is 5.69 Å². The van der Waals surface area contributed by atoms with E-state index in [1.165, 1.54) is 31.3 Å². The van der Waals surface area contributed by atoms with Crippen LogP contribution in [0.5, 0.6) is 0 Å². The number of rotatable bonds is 5. The van der Waals surface area contributed by atoms with Gasteiger partial charge in [0.25, 0.3) is 10.0 Å². The highest BCUT2D eigenvalue weighted by molar-refractivity contribution is 7.92. The SMILES string of the molecule is CNS(=O)(=O)c1ccc(S(=O)(=O)Nc2cccc3ccccc23)cc1. The summed E-state index contributed by atoms with van der Waals surface area (Å²) in [5.41, 5.74) is 0.463. The molecular formula is C17H16N2O4S2. The Morgan fingerprint density at radius 1 is 0.680 bits per heavy atom. The van der Waals surface area contributed by atoms with Crippen LogP contribution < -0.4 is 9.44 Å². The maximum absolute atomic E-state index is 12.6. The molecule has 0 bridgehead atoms. The Bertz CT molecular complexity index is 1120. The Labute approximate surface area is 146 Å². The average Bonchev–Trinajstić information content (AvgIpc) is 2.62. The largest absolute Gasteiger partial charge is 0.279 e. The first kappa shape index (κ1) is 17.4. The standard InChI is InChI=1S/C17H16N2O4S2/c1-18-24(20,21)14-9-11-15(12-10-14)25(22,23)19-17-8-4-6-13-5-2-3-7-16(13)17/h2-12,18-19H,1H3. The molecule has 0 aliphatic rings. The number of hydrogen-bond donors (Lipinski definition) is 2. The van der Waals surface area contributed by atoms with E-state index in [2.05, 4.69) is 9.44 Å². The van der Waals surface area contributed by atoms with Crippen molar-refractivity contribution in [2.75, 3.05) is 11.8 Å². The molecule has 0 spiro atoms. The monoisotopic (exact) mass is 376 g/mol. The van der Waals surface area contributed by atoms with Gasteiger partial charge >= 0.3 is 0 Å². The minimum Gasteiger partial charge on any atom is -0.279 e. The third-order valence-corrected chi connectivity index (χ3v) is 6.56. The van der Waals surface area contributed by atoms with Crippen LogP contribution in [-0.4, -0.2) is 23.9 Å². The molecule has 130 valence electrons. The third kappa shape index (κ3) is 3.51. The summed E-state index contributed by atoms with van der Waals surface area (Å²) in [4.78, 5) is -0.0189. The molecule has 0 atom stereocenters. The van der Waals surface area contributed by atoms with E-state index in [1.807, 2.05) is 30.3 Å². The Morgan fingerprint density at radius 3 is 1.88 bits per heavy atom. The quantitative estimate of drug-likeness (QED) is 0.716. The maximum Gasteiger partial charge on any atom is 0.261 e. The van der Waals surface area contributed by atoms with E-state index in [-0.39, 0.29) is 9.79 Å². The van der Waals surface area contributed by atoms with Crippen molar-refractivity contribution in [3.05, 3.63) is 66.7 Å². The van der Waals surface area contributed by atoms with Crippen molar-refractivity contribution >= 4 is 36.5 Å². The smallest absolute Gasteiger partial charge is 0.261 e. The van der Waals surface area contributed by atoms with Crippen LogP contribution in [0.15, 0.2) is 76.5 Å². The number of anilines is 1. The zero-order valence-corrected chi connectivity index (χ0v) is 14.9. The van der Waals surface area contributed by atoms with Gasteiger partial charge in [-0.15, -0.1) is 0 Å². The molecule has 0 radical (unpaired) electrons. The molecule has 0 aliphatic carbocycles. The molecule has 0 amide bonds. The molecule has 6 nitrogen and oxygen atoms in total. The van der Waals surface area contributed by atoms with Crippen molar-refractivity contribution in [3.8, 4) is 0 Å². The van der Waals surface area contributed by atoms with Crippen LogP contribution in [0.1, 0.15) is 0 Å². The minimum absolute atomic E-state index is 0.000823. The van der Waals surface area contributed by atoms with Gasteiger partial charge in [-0.3, -0.25) is 4.72 Å². The number of fused-ring (bicyclic) bond motifs is 1. The van der Waals surface area contributed by atoms with Gasteiger partial charge in [0.15, 0.2) is 0 Å². The molecule has 3 aromatic rings. The van der Waals surface area contributed by atoms with Crippen LogP contribution in [-0.2, 0) is 20.0 Å². The number of hydrogen-bond acceptors (Lipinski definition) is 4. The first-order valence-electron chi connectivity index (χ1n) is 7.38. The topological polar surface area (TPSA) is 92.3 Å². The highest BCUT2D eigenvalue weighted by Crippen LogP contribution is 2.25.